The van der Waals surface area contributed by atoms with Crippen LogP contribution in [-0.2, 0) is 14.9 Å². The zero-order chi connectivity index (χ0) is 14.1. The lowest BCUT2D eigenvalue weighted by Crippen LogP contribution is -2.38. The van der Waals surface area contributed by atoms with E-state index in [2.05, 4.69) is 0 Å². The lowest BCUT2D eigenvalue weighted by molar-refractivity contribution is -0.157. The highest BCUT2D eigenvalue weighted by Crippen LogP contribution is 2.47. The average Bonchev–Trinajstić information content (AvgIpc) is 2.22. The molecule has 0 bridgehead atoms. The van der Waals surface area contributed by atoms with E-state index in [0.29, 0.717) is 6.42 Å². The molecule has 3 nitrogen and oxygen atoms in total. The third-order valence-corrected chi connectivity index (χ3v) is 3.74. The molecule has 3 heteroatoms. The van der Waals surface area contributed by atoms with Crippen molar-refractivity contribution in [1.29, 1.82) is 0 Å². The van der Waals surface area contributed by atoms with Gasteiger partial charge in [-0.1, -0.05) is 18.6 Å². The maximum atomic E-state index is 12.1. The Morgan fingerprint density at radius 1 is 1.26 bits per heavy atom. The number of rotatable bonds is 3. The van der Waals surface area contributed by atoms with Gasteiger partial charge < -0.3 is 10.5 Å². The standard InChI is InChI=1S/C16H23NO2/c1-15(2,3)19-14(18)11-16(9-4-10-16)12-5-7-13(17)8-6-12/h5-8H,4,9-11,17H2,1-3H3. The lowest BCUT2D eigenvalue weighted by Gasteiger charge is -2.42. The molecular formula is C16H23NO2. The molecule has 0 aromatic heterocycles. The van der Waals surface area contributed by atoms with Gasteiger partial charge in [-0.05, 0) is 51.3 Å². The minimum absolute atomic E-state index is 0.0317. The smallest absolute Gasteiger partial charge is 0.307 e. The van der Waals surface area contributed by atoms with E-state index in [9.17, 15) is 4.79 Å². The van der Waals surface area contributed by atoms with Gasteiger partial charge in [0.2, 0.25) is 0 Å². The second-order valence-electron chi connectivity index (χ2n) is 6.52. The van der Waals surface area contributed by atoms with Crippen molar-refractivity contribution in [3.63, 3.8) is 0 Å². The van der Waals surface area contributed by atoms with Crippen LogP contribution < -0.4 is 5.73 Å². The number of carbonyl (C=O) groups is 1. The quantitative estimate of drug-likeness (QED) is 0.670. The van der Waals surface area contributed by atoms with Gasteiger partial charge in [-0.3, -0.25) is 4.79 Å². The molecule has 1 saturated carbocycles. The molecule has 0 heterocycles. The maximum absolute atomic E-state index is 12.1. The van der Waals surface area contributed by atoms with E-state index >= 15 is 0 Å². The predicted octanol–water partition coefficient (Wildman–Crippen LogP) is 3.42. The number of nitrogen functional groups attached to an aromatic ring is 1. The molecule has 0 saturated heterocycles. The fraction of sp³-hybridized carbons (Fsp3) is 0.562. The minimum atomic E-state index is -0.414. The summed E-state index contributed by atoms with van der Waals surface area (Å²) >= 11 is 0. The Balaban J connectivity index is 2.11. The third-order valence-electron chi connectivity index (χ3n) is 3.74. The van der Waals surface area contributed by atoms with Gasteiger partial charge in [0, 0.05) is 11.1 Å². The molecule has 0 atom stereocenters. The Hall–Kier alpha value is -1.51. The van der Waals surface area contributed by atoms with E-state index < -0.39 is 5.60 Å². The highest BCUT2D eigenvalue weighted by atomic mass is 16.6. The average molecular weight is 261 g/mol. The Morgan fingerprint density at radius 3 is 2.26 bits per heavy atom. The number of esters is 1. The number of carbonyl (C=O) groups excluding carboxylic acids is 1. The summed E-state index contributed by atoms with van der Waals surface area (Å²) in [6.07, 6.45) is 3.74. The fourth-order valence-electron chi connectivity index (χ4n) is 2.66. The molecule has 0 unspecified atom stereocenters. The van der Waals surface area contributed by atoms with Gasteiger partial charge in [0.15, 0.2) is 0 Å². The largest absolute Gasteiger partial charge is 0.460 e. The van der Waals surface area contributed by atoms with Crippen LogP contribution in [0.3, 0.4) is 0 Å². The van der Waals surface area contributed by atoms with E-state index in [1.54, 1.807) is 0 Å². The van der Waals surface area contributed by atoms with Gasteiger partial charge in [0.1, 0.15) is 5.60 Å². The van der Waals surface area contributed by atoms with Crippen molar-refractivity contribution >= 4 is 11.7 Å². The maximum Gasteiger partial charge on any atom is 0.307 e. The summed E-state index contributed by atoms with van der Waals surface area (Å²) in [4.78, 5) is 12.1. The summed E-state index contributed by atoms with van der Waals surface area (Å²) in [6.45, 7) is 5.71. The number of ether oxygens (including phenoxy) is 1. The summed E-state index contributed by atoms with van der Waals surface area (Å²) in [6, 6.07) is 7.90. The van der Waals surface area contributed by atoms with Crippen LogP contribution in [0.1, 0.15) is 52.0 Å². The van der Waals surface area contributed by atoms with Crippen LogP contribution in [0.15, 0.2) is 24.3 Å². The molecule has 1 aromatic carbocycles. The van der Waals surface area contributed by atoms with Crippen molar-refractivity contribution in [1.82, 2.24) is 0 Å². The van der Waals surface area contributed by atoms with Crippen molar-refractivity contribution in [3.05, 3.63) is 29.8 Å². The minimum Gasteiger partial charge on any atom is -0.460 e. The summed E-state index contributed by atoms with van der Waals surface area (Å²) in [5, 5.41) is 0. The Bertz CT molecular complexity index is 453. The Morgan fingerprint density at radius 2 is 1.84 bits per heavy atom. The third kappa shape index (κ3) is 3.28. The van der Waals surface area contributed by atoms with Gasteiger partial charge in [0.05, 0.1) is 6.42 Å². The molecular weight excluding hydrogens is 238 g/mol. The summed E-state index contributed by atoms with van der Waals surface area (Å²) < 4.78 is 5.45. The van der Waals surface area contributed by atoms with Gasteiger partial charge >= 0.3 is 5.97 Å². The zero-order valence-electron chi connectivity index (χ0n) is 12.0. The summed E-state index contributed by atoms with van der Waals surface area (Å²) in [7, 11) is 0. The molecule has 1 aliphatic rings. The van der Waals surface area contributed by atoms with Crippen molar-refractivity contribution in [2.75, 3.05) is 5.73 Å². The fourth-order valence-corrected chi connectivity index (χ4v) is 2.66. The number of anilines is 1. The van der Waals surface area contributed by atoms with Gasteiger partial charge in [0.25, 0.3) is 0 Å². The topological polar surface area (TPSA) is 52.3 Å². The van der Waals surface area contributed by atoms with E-state index in [-0.39, 0.29) is 11.4 Å². The van der Waals surface area contributed by atoms with E-state index in [1.807, 2.05) is 45.0 Å². The van der Waals surface area contributed by atoms with Crippen LogP contribution in [0.4, 0.5) is 5.69 Å². The second-order valence-corrected chi connectivity index (χ2v) is 6.52. The van der Waals surface area contributed by atoms with Crippen LogP contribution in [0.25, 0.3) is 0 Å². The molecule has 2 N–H and O–H groups in total. The first-order valence-corrected chi connectivity index (χ1v) is 6.89. The number of nitrogens with two attached hydrogens (primary N) is 1. The molecule has 0 spiro atoms. The SMILES string of the molecule is CC(C)(C)OC(=O)CC1(c2ccc(N)cc2)CCC1. The van der Waals surface area contributed by atoms with Crippen molar-refractivity contribution in [2.24, 2.45) is 0 Å². The normalized spacial score (nSPS) is 17.6. The summed E-state index contributed by atoms with van der Waals surface area (Å²) in [5.41, 5.74) is 7.24. The van der Waals surface area contributed by atoms with Crippen LogP contribution in [0.5, 0.6) is 0 Å². The molecule has 2 rings (SSSR count). The molecule has 1 aromatic rings. The van der Waals surface area contributed by atoms with Crippen molar-refractivity contribution in [2.45, 2.75) is 57.5 Å². The predicted molar refractivity (Wildman–Crippen MR) is 76.8 cm³/mol. The Labute approximate surface area is 115 Å². The van der Waals surface area contributed by atoms with Crippen LogP contribution in [-0.4, -0.2) is 11.6 Å². The lowest BCUT2D eigenvalue weighted by atomic mass is 9.62. The first-order valence-electron chi connectivity index (χ1n) is 6.89. The van der Waals surface area contributed by atoms with Gasteiger partial charge in [-0.25, -0.2) is 0 Å². The molecule has 104 valence electrons. The number of benzene rings is 1. The van der Waals surface area contributed by atoms with E-state index in [1.165, 1.54) is 12.0 Å². The van der Waals surface area contributed by atoms with Crippen molar-refractivity contribution in [3.8, 4) is 0 Å². The molecule has 0 aliphatic heterocycles. The van der Waals surface area contributed by atoms with Crippen molar-refractivity contribution < 1.29 is 9.53 Å². The van der Waals surface area contributed by atoms with Crippen LogP contribution in [0, 0.1) is 0 Å². The highest BCUT2D eigenvalue weighted by molar-refractivity contribution is 5.72. The monoisotopic (exact) mass is 261 g/mol. The highest BCUT2D eigenvalue weighted by Gasteiger charge is 2.41. The van der Waals surface area contributed by atoms with Crippen LogP contribution >= 0.6 is 0 Å². The molecule has 1 fully saturated rings. The molecule has 0 amide bonds. The first-order chi connectivity index (χ1) is 8.81. The van der Waals surface area contributed by atoms with Gasteiger partial charge in [-0.15, -0.1) is 0 Å². The molecule has 0 radical (unpaired) electrons. The van der Waals surface area contributed by atoms with E-state index in [0.717, 1.165) is 18.5 Å². The molecule has 19 heavy (non-hydrogen) atoms. The number of hydrogen-bond donors (Lipinski definition) is 1. The zero-order valence-corrected chi connectivity index (χ0v) is 12.0. The van der Waals surface area contributed by atoms with E-state index in [4.69, 9.17) is 10.5 Å². The molecule has 1 aliphatic carbocycles. The summed E-state index contributed by atoms with van der Waals surface area (Å²) in [5.74, 6) is -0.107. The number of hydrogen-bond acceptors (Lipinski definition) is 3. The van der Waals surface area contributed by atoms with Gasteiger partial charge in [-0.2, -0.15) is 0 Å². The first kappa shape index (κ1) is 13.9. The van der Waals surface area contributed by atoms with Crippen LogP contribution in [0.2, 0.25) is 0 Å². The second kappa shape index (κ2) is 4.87. The Kier molecular flexibility index (Phi) is 3.57.